The van der Waals surface area contributed by atoms with Crippen LogP contribution in [0.3, 0.4) is 0 Å². The second-order valence-electron chi connectivity index (χ2n) is 33.9. The van der Waals surface area contributed by atoms with Gasteiger partial charge in [0.05, 0.1) is 11.4 Å². The quantitative estimate of drug-likeness (QED) is 0.147. The third kappa shape index (κ3) is 11.6. The first-order valence-electron chi connectivity index (χ1n) is 34.8. The van der Waals surface area contributed by atoms with E-state index in [4.69, 9.17) is 0 Å². The van der Waals surface area contributed by atoms with Crippen LogP contribution in [0.2, 0.25) is 0 Å². The van der Waals surface area contributed by atoms with Gasteiger partial charge < -0.3 is 9.80 Å². The van der Waals surface area contributed by atoms with Crippen LogP contribution in [0, 0.1) is 0 Å². The monoisotopic (exact) mass is 1240 g/mol. The van der Waals surface area contributed by atoms with Crippen molar-refractivity contribution in [3.63, 3.8) is 0 Å². The van der Waals surface area contributed by atoms with Crippen molar-refractivity contribution < 1.29 is 0 Å². The van der Waals surface area contributed by atoms with Crippen molar-refractivity contribution in [1.82, 2.24) is 0 Å². The van der Waals surface area contributed by atoms with Gasteiger partial charge in [0, 0.05) is 39.8 Å². The van der Waals surface area contributed by atoms with Crippen LogP contribution in [0.25, 0.3) is 44.5 Å². The van der Waals surface area contributed by atoms with Crippen LogP contribution < -0.4 is 26.2 Å². The Morgan fingerprint density at radius 2 is 0.568 bits per heavy atom. The van der Waals surface area contributed by atoms with Crippen molar-refractivity contribution in [3.8, 4) is 44.5 Å². The van der Waals surface area contributed by atoms with Gasteiger partial charge >= 0.3 is 0 Å². The molecule has 0 radical (unpaired) electrons. The maximum absolute atomic E-state index is 2.70. The first-order chi connectivity index (χ1) is 44.9. The Balaban J connectivity index is 1.14. The second kappa shape index (κ2) is 22.9. The molecule has 1 aliphatic carbocycles. The molecule has 14 rings (SSSR count). The molecule has 0 N–H and O–H groups in total. The van der Waals surface area contributed by atoms with Gasteiger partial charge in [-0.25, -0.2) is 0 Å². The largest absolute Gasteiger partial charge is 0.311 e. The van der Waals surface area contributed by atoms with Crippen molar-refractivity contribution in [1.29, 1.82) is 0 Å². The molecule has 2 aliphatic heterocycles. The molecular formula is C92H95BN2. The van der Waals surface area contributed by atoms with Crippen LogP contribution >= 0.6 is 0 Å². The van der Waals surface area contributed by atoms with E-state index in [0.717, 1.165) is 17.8 Å². The smallest absolute Gasteiger partial charge is 0.252 e. The molecule has 0 spiro atoms. The lowest BCUT2D eigenvalue weighted by Crippen LogP contribution is -2.61. The summed E-state index contributed by atoms with van der Waals surface area (Å²) >= 11 is 0. The summed E-state index contributed by atoms with van der Waals surface area (Å²) in [7, 11) is 0. The molecule has 95 heavy (non-hydrogen) atoms. The lowest BCUT2D eigenvalue weighted by Gasteiger charge is -2.46. The van der Waals surface area contributed by atoms with Gasteiger partial charge in [0.2, 0.25) is 0 Å². The summed E-state index contributed by atoms with van der Waals surface area (Å²) in [6.07, 6.45) is 0.902. The summed E-state index contributed by atoms with van der Waals surface area (Å²) in [6.45, 7) is 41.7. The van der Waals surface area contributed by atoms with E-state index in [2.05, 4.69) is 365 Å². The summed E-state index contributed by atoms with van der Waals surface area (Å²) in [6, 6.07) is 91.2. The molecule has 0 saturated heterocycles. The Hall–Kier alpha value is -8.92. The van der Waals surface area contributed by atoms with Crippen LogP contribution in [-0.2, 0) is 38.9 Å². The lowest BCUT2D eigenvalue weighted by molar-refractivity contribution is 0.589. The molecule has 11 aromatic carbocycles. The Bertz CT molecular complexity index is 4470. The van der Waals surface area contributed by atoms with Gasteiger partial charge in [-0.1, -0.05) is 307 Å². The molecule has 476 valence electrons. The van der Waals surface area contributed by atoms with Gasteiger partial charge in [-0.3, -0.25) is 0 Å². The molecule has 2 heterocycles. The number of anilines is 6. The topological polar surface area (TPSA) is 6.48 Å². The van der Waals surface area contributed by atoms with E-state index in [1.807, 2.05) is 0 Å². The molecular weight excluding hydrogens is 1140 g/mol. The normalized spacial score (nSPS) is 14.1. The molecule has 0 atom stereocenters. The van der Waals surface area contributed by atoms with Gasteiger partial charge in [0.1, 0.15) is 0 Å². The molecule has 0 fully saturated rings. The first kappa shape index (κ1) is 63.5. The number of rotatable bonds is 7. The molecule has 3 heteroatoms. The third-order valence-corrected chi connectivity index (χ3v) is 21.0. The Labute approximate surface area is 569 Å². The minimum absolute atomic E-state index is 0.00318. The molecule has 0 aromatic heterocycles. The molecule has 2 nitrogen and oxygen atoms in total. The van der Waals surface area contributed by atoms with Crippen LogP contribution in [0.5, 0.6) is 0 Å². The van der Waals surface area contributed by atoms with Gasteiger partial charge in [-0.05, 0) is 198 Å². The van der Waals surface area contributed by atoms with E-state index in [-0.39, 0.29) is 45.1 Å². The summed E-state index contributed by atoms with van der Waals surface area (Å²) < 4.78 is 0. The van der Waals surface area contributed by atoms with Crippen molar-refractivity contribution in [3.05, 3.63) is 292 Å². The van der Waals surface area contributed by atoms with Crippen LogP contribution in [0.4, 0.5) is 34.1 Å². The fourth-order valence-electron chi connectivity index (χ4n) is 15.2. The highest BCUT2D eigenvalue weighted by Gasteiger charge is 2.46. The van der Waals surface area contributed by atoms with Gasteiger partial charge in [0.25, 0.3) is 6.71 Å². The zero-order valence-corrected chi connectivity index (χ0v) is 59.7. The average Bonchev–Trinajstić information content (AvgIpc) is 0.693. The predicted molar refractivity (Wildman–Crippen MR) is 411 cm³/mol. The van der Waals surface area contributed by atoms with E-state index < -0.39 is 0 Å². The highest BCUT2D eigenvalue weighted by Crippen LogP contribution is 2.53. The SMILES string of the molecule is CC(C)(C)c1ccc(-c2ccc3c(c2)B2c4cc(-c5ccc(C(C)(C)C)cc5)ccc4N(c4ccc(C(C)(C)C)cc4-c4ccc(C(C)(C)C)cc4)c4cc(C5c6ccccc6Cc6ccccc65)cc(c42)N3c2ccc(C(C)(C)C)cc2-c2ccc(C(C)(C)C)cc2)cc1. The second-order valence-corrected chi connectivity index (χ2v) is 33.9. The van der Waals surface area contributed by atoms with E-state index in [1.165, 1.54) is 145 Å². The maximum atomic E-state index is 2.70. The number of nitrogens with zero attached hydrogens (tertiary/aromatic N) is 2. The van der Waals surface area contributed by atoms with Crippen molar-refractivity contribution in [2.45, 2.75) is 169 Å². The van der Waals surface area contributed by atoms with Crippen LogP contribution in [-0.4, -0.2) is 6.71 Å². The third-order valence-electron chi connectivity index (χ3n) is 21.0. The minimum Gasteiger partial charge on any atom is -0.311 e. The van der Waals surface area contributed by atoms with Crippen molar-refractivity contribution >= 4 is 57.2 Å². The zero-order valence-electron chi connectivity index (χ0n) is 59.7. The number of benzene rings is 11. The molecule has 11 aromatic rings. The molecule has 0 amide bonds. The Morgan fingerprint density at radius 1 is 0.274 bits per heavy atom. The zero-order chi connectivity index (χ0) is 67.1. The first-order valence-corrected chi connectivity index (χ1v) is 34.8. The van der Waals surface area contributed by atoms with E-state index in [9.17, 15) is 0 Å². The molecule has 0 unspecified atom stereocenters. The summed E-state index contributed by atoms with van der Waals surface area (Å²) in [4.78, 5) is 5.40. The highest BCUT2D eigenvalue weighted by atomic mass is 15.2. The van der Waals surface area contributed by atoms with Crippen molar-refractivity contribution in [2.24, 2.45) is 0 Å². The standard InChI is InChI=1S/C92H95BN2/c1-87(2,3)67-37-27-58(28-38-67)62-35-47-81-77(52-62)93-78-53-63(59-29-39-68(40-30-59)88(4,5)6)36-48-82(78)95(80-50-46-72(92(16,17)18)57-76(80)61-33-43-70(44-34-61)90(10,11)12)84-55-66(85-73-25-21-19-23-64(73)51-65-24-20-22-26-74(65)85)54-83(86(84)93)94(81)79-49-45-71(91(13,14)15)56-75(79)60-31-41-69(42-32-60)89(7,8)9/h19-50,52-57,85H,51H2,1-18H3. The maximum Gasteiger partial charge on any atom is 0.252 e. The molecule has 0 bridgehead atoms. The van der Waals surface area contributed by atoms with E-state index >= 15 is 0 Å². The fraction of sp³-hybridized carbons (Fsp3) is 0.283. The summed E-state index contributed by atoms with van der Waals surface area (Å²) in [5, 5.41) is 0. The summed E-state index contributed by atoms with van der Waals surface area (Å²) in [5.41, 5.74) is 35.1. The Kier molecular flexibility index (Phi) is 15.3. The predicted octanol–water partition coefficient (Wildman–Crippen LogP) is 23.3. The van der Waals surface area contributed by atoms with E-state index in [1.54, 1.807) is 0 Å². The lowest BCUT2D eigenvalue weighted by atomic mass is 9.33. The van der Waals surface area contributed by atoms with Crippen LogP contribution in [0.15, 0.2) is 231 Å². The van der Waals surface area contributed by atoms with Crippen molar-refractivity contribution in [2.75, 3.05) is 9.80 Å². The number of hydrogen-bond acceptors (Lipinski definition) is 2. The number of fused-ring (bicyclic) bond motifs is 6. The number of hydrogen-bond donors (Lipinski definition) is 0. The van der Waals surface area contributed by atoms with Gasteiger partial charge in [-0.15, -0.1) is 0 Å². The molecule has 0 saturated carbocycles. The van der Waals surface area contributed by atoms with Gasteiger partial charge in [-0.2, -0.15) is 0 Å². The molecule has 3 aliphatic rings. The highest BCUT2D eigenvalue weighted by molar-refractivity contribution is 7.00. The Morgan fingerprint density at radius 3 is 0.905 bits per heavy atom. The van der Waals surface area contributed by atoms with E-state index in [0.29, 0.717) is 0 Å². The average molecular weight is 1240 g/mol. The fourth-order valence-corrected chi connectivity index (χ4v) is 15.2. The van der Waals surface area contributed by atoms with Gasteiger partial charge in [0.15, 0.2) is 0 Å². The summed E-state index contributed by atoms with van der Waals surface area (Å²) in [5.74, 6) is -0.0418. The van der Waals surface area contributed by atoms with Crippen LogP contribution in [0.1, 0.15) is 192 Å². The minimum atomic E-state index is -0.174.